The first-order valence-corrected chi connectivity index (χ1v) is 10.8. The van der Waals surface area contributed by atoms with Crippen LogP contribution in [0, 0.1) is 5.82 Å². The summed E-state index contributed by atoms with van der Waals surface area (Å²) in [4.78, 5) is 17.0. The van der Waals surface area contributed by atoms with Crippen molar-refractivity contribution in [2.75, 3.05) is 39.8 Å². The van der Waals surface area contributed by atoms with Crippen LogP contribution < -0.4 is 0 Å². The SMILES string of the molecule is CN1CCN(CCCC(=O)CCCc2cc(F)cc(Cc3ccccc3)c2)CC1. The van der Waals surface area contributed by atoms with Crippen LogP contribution in [0.15, 0.2) is 48.5 Å². The molecule has 2 aromatic rings. The molecule has 0 bridgehead atoms. The molecule has 0 amide bonds. The van der Waals surface area contributed by atoms with E-state index in [1.54, 1.807) is 12.1 Å². The molecule has 0 spiro atoms. The highest BCUT2D eigenvalue weighted by molar-refractivity contribution is 5.78. The predicted octanol–water partition coefficient (Wildman–Crippen LogP) is 4.34. The minimum Gasteiger partial charge on any atom is -0.304 e. The van der Waals surface area contributed by atoms with Gasteiger partial charge in [-0.2, -0.15) is 0 Å². The Morgan fingerprint density at radius 1 is 0.897 bits per heavy atom. The maximum atomic E-state index is 14.0. The molecule has 1 fully saturated rings. The van der Waals surface area contributed by atoms with E-state index in [9.17, 15) is 9.18 Å². The number of hydrogen-bond donors (Lipinski definition) is 0. The number of rotatable bonds is 10. The van der Waals surface area contributed by atoms with Gasteiger partial charge in [0.25, 0.3) is 0 Å². The number of Topliss-reactive ketones (excluding diaryl/α,β-unsaturated/α-hetero) is 1. The maximum Gasteiger partial charge on any atom is 0.132 e. The molecule has 0 saturated carbocycles. The molecule has 4 heteroatoms. The molecule has 0 radical (unpaired) electrons. The maximum absolute atomic E-state index is 14.0. The van der Waals surface area contributed by atoms with Gasteiger partial charge in [-0.25, -0.2) is 4.39 Å². The number of hydrogen-bond acceptors (Lipinski definition) is 3. The zero-order valence-corrected chi connectivity index (χ0v) is 17.6. The van der Waals surface area contributed by atoms with Crippen LogP contribution in [0.5, 0.6) is 0 Å². The van der Waals surface area contributed by atoms with E-state index in [0.29, 0.717) is 18.6 Å². The zero-order valence-electron chi connectivity index (χ0n) is 17.6. The number of carbonyl (C=O) groups is 1. The first-order chi connectivity index (χ1) is 14.1. The third kappa shape index (κ3) is 7.71. The fourth-order valence-corrected chi connectivity index (χ4v) is 3.98. The highest BCUT2D eigenvalue weighted by Gasteiger charge is 2.13. The van der Waals surface area contributed by atoms with Crippen LogP contribution in [-0.4, -0.2) is 55.4 Å². The molecule has 0 aromatic heterocycles. The van der Waals surface area contributed by atoms with Crippen molar-refractivity contribution >= 4 is 5.78 Å². The van der Waals surface area contributed by atoms with Gasteiger partial charge in [0.1, 0.15) is 11.6 Å². The van der Waals surface area contributed by atoms with E-state index in [0.717, 1.165) is 69.5 Å². The van der Waals surface area contributed by atoms with Crippen LogP contribution in [0.3, 0.4) is 0 Å². The lowest BCUT2D eigenvalue weighted by atomic mass is 9.99. The van der Waals surface area contributed by atoms with Crippen molar-refractivity contribution in [3.63, 3.8) is 0 Å². The van der Waals surface area contributed by atoms with Crippen molar-refractivity contribution in [2.24, 2.45) is 0 Å². The summed E-state index contributed by atoms with van der Waals surface area (Å²) in [6.45, 7) is 5.47. The second-order valence-corrected chi connectivity index (χ2v) is 8.27. The average molecular weight is 397 g/mol. The molecule has 29 heavy (non-hydrogen) atoms. The molecule has 1 aliphatic rings. The smallest absolute Gasteiger partial charge is 0.132 e. The van der Waals surface area contributed by atoms with Gasteiger partial charge in [0.15, 0.2) is 0 Å². The standard InChI is InChI=1S/C25H33FN2O/c1-27-13-15-28(16-14-27)12-6-11-25(29)10-5-9-22-18-23(20-24(26)19-22)17-21-7-3-2-4-8-21/h2-4,7-8,18-20H,5-6,9-17H2,1H3. The molecule has 0 unspecified atom stereocenters. The Hall–Kier alpha value is -2.04. The molecule has 156 valence electrons. The molecule has 1 saturated heterocycles. The van der Waals surface area contributed by atoms with E-state index < -0.39 is 0 Å². The number of piperazine rings is 1. The minimum atomic E-state index is -0.188. The fourth-order valence-electron chi connectivity index (χ4n) is 3.98. The highest BCUT2D eigenvalue weighted by Crippen LogP contribution is 2.16. The van der Waals surface area contributed by atoms with E-state index in [1.807, 2.05) is 18.2 Å². The summed E-state index contributed by atoms with van der Waals surface area (Å²) in [5.41, 5.74) is 3.16. The molecule has 3 rings (SSSR count). The Morgan fingerprint density at radius 2 is 1.59 bits per heavy atom. The van der Waals surface area contributed by atoms with Gasteiger partial charge in [0.05, 0.1) is 0 Å². The molecule has 0 atom stereocenters. The fraction of sp³-hybridized carbons (Fsp3) is 0.480. The van der Waals surface area contributed by atoms with Gasteiger partial charge in [-0.15, -0.1) is 0 Å². The molecule has 0 aliphatic carbocycles. The van der Waals surface area contributed by atoms with Gasteiger partial charge >= 0.3 is 0 Å². The number of aryl methyl sites for hydroxylation is 1. The first kappa shape index (κ1) is 21.7. The molecular weight excluding hydrogens is 363 g/mol. The van der Waals surface area contributed by atoms with Gasteiger partial charge < -0.3 is 9.80 Å². The van der Waals surface area contributed by atoms with E-state index >= 15 is 0 Å². The monoisotopic (exact) mass is 396 g/mol. The Morgan fingerprint density at radius 3 is 2.34 bits per heavy atom. The van der Waals surface area contributed by atoms with Gasteiger partial charge in [-0.05, 0) is 68.1 Å². The van der Waals surface area contributed by atoms with E-state index in [-0.39, 0.29) is 5.82 Å². The van der Waals surface area contributed by atoms with Gasteiger partial charge in [0, 0.05) is 39.0 Å². The van der Waals surface area contributed by atoms with Gasteiger partial charge in [-0.1, -0.05) is 36.4 Å². The number of nitrogens with zero attached hydrogens (tertiary/aromatic N) is 2. The molecular formula is C25H33FN2O. The topological polar surface area (TPSA) is 23.6 Å². The van der Waals surface area contributed by atoms with Crippen LogP contribution in [0.4, 0.5) is 4.39 Å². The quantitative estimate of drug-likeness (QED) is 0.597. The Balaban J connectivity index is 1.37. The second-order valence-electron chi connectivity index (χ2n) is 8.27. The predicted molar refractivity (Wildman–Crippen MR) is 117 cm³/mol. The molecule has 1 aliphatic heterocycles. The van der Waals surface area contributed by atoms with Gasteiger partial charge in [0.2, 0.25) is 0 Å². The Kier molecular flexibility index (Phi) is 8.38. The summed E-state index contributed by atoms with van der Waals surface area (Å²) in [5, 5.41) is 0. The number of carbonyl (C=O) groups excluding carboxylic acids is 1. The lowest BCUT2D eigenvalue weighted by molar-refractivity contribution is -0.119. The van der Waals surface area contributed by atoms with Crippen molar-refractivity contribution < 1.29 is 9.18 Å². The lowest BCUT2D eigenvalue weighted by Gasteiger charge is -2.32. The summed E-state index contributed by atoms with van der Waals surface area (Å²) in [5.74, 6) is 0.145. The molecule has 2 aromatic carbocycles. The summed E-state index contributed by atoms with van der Waals surface area (Å²) >= 11 is 0. The van der Waals surface area contributed by atoms with Crippen molar-refractivity contribution in [1.29, 1.82) is 0 Å². The average Bonchev–Trinajstić information content (AvgIpc) is 2.70. The van der Waals surface area contributed by atoms with Crippen molar-refractivity contribution in [3.05, 3.63) is 71.0 Å². The van der Waals surface area contributed by atoms with Crippen molar-refractivity contribution in [2.45, 2.75) is 38.5 Å². The summed E-state index contributed by atoms with van der Waals surface area (Å²) < 4.78 is 14.0. The Labute approximate surface area is 174 Å². The second kappa shape index (κ2) is 11.2. The zero-order chi connectivity index (χ0) is 20.5. The van der Waals surface area contributed by atoms with E-state index in [1.165, 1.54) is 5.56 Å². The lowest BCUT2D eigenvalue weighted by Crippen LogP contribution is -2.44. The van der Waals surface area contributed by atoms with E-state index in [2.05, 4.69) is 35.0 Å². The normalized spacial score (nSPS) is 15.5. The molecule has 0 N–H and O–H groups in total. The van der Waals surface area contributed by atoms with Crippen LogP contribution in [-0.2, 0) is 17.6 Å². The number of benzene rings is 2. The Bertz CT molecular complexity index is 770. The molecule has 3 nitrogen and oxygen atoms in total. The van der Waals surface area contributed by atoms with Crippen molar-refractivity contribution in [1.82, 2.24) is 9.80 Å². The van der Waals surface area contributed by atoms with Crippen molar-refractivity contribution in [3.8, 4) is 0 Å². The van der Waals surface area contributed by atoms with Crippen LogP contribution in [0.2, 0.25) is 0 Å². The molecule has 1 heterocycles. The third-order valence-electron chi connectivity index (χ3n) is 5.72. The van der Waals surface area contributed by atoms with E-state index in [4.69, 9.17) is 0 Å². The number of ketones is 1. The third-order valence-corrected chi connectivity index (χ3v) is 5.72. The minimum absolute atomic E-state index is 0.188. The first-order valence-electron chi connectivity index (χ1n) is 10.8. The highest BCUT2D eigenvalue weighted by atomic mass is 19.1. The number of halogens is 1. The van der Waals surface area contributed by atoms with Crippen LogP contribution >= 0.6 is 0 Å². The summed E-state index contributed by atoms with van der Waals surface area (Å²) in [7, 11) is 2.16. The largest absolute Gasteiger partial charge is 0.304 e. The summed E-state index contributed by atoms with van der Waals surface area (Å²) in [6.07, 6.45) is 4.48. The van der Waals surface area contributed by atoms with Crippen LogP contribution in [0.25, 0.3) is 0 Å². The van der Waals surface area contributed by atoms with Gasteiger partial charge in [-0.3, -0.25) is 4.79 Å². The van der Waals surface area contributed by atoms with Crippen LogP contribution in [0.1, 0.15) is 42.4 Å². The number of likely N-dealkylation sites (N-methyl/N-ethyl adjacent to an activating group) is 1. The summed E-state index contributed by atoms with van der Waals surface area (Å²) in [6, 6.07) is 15.4.